The molecule has 0 fully saturated rings. The number of fused-ring (bicyclic) bond motifs is 1. The Morgan fingerprint density at radius 2 is 1.95 bits per heavy atom. The van der Waals surface area contributed by atoms with Crippen LogP contribution in [0, 0.1) is 19.3 Å². The summed E-state index contributed by atoms with van der Waals surface area (Å²) in [6.07, 6.45) is 4.73. The van der Waals surface area contributed by atoms with E-state index in [9.17, 15) is 4.79 Å². The van der Waals surface area contributed by atoms with Crippen LogP contribution in [0.2, 0.25) is 0 Å². The number of aromatic nitrogens is 1. The first kappa shape index (κ1) is 34.5. The van der Waals surface area contributed by atoms with Crippen molar-refractivity contribution in [2.24, 2.45) is 5.41 Å². The lowest BCUT2D eigenvalue weighted by atomic mass is 9.69. The van der Waals surface area contributed by atoms with Crippen LogP contribution in [-0.4, -0.2) is 47.6 Å². The van der Waals surface area contributed by atoms with E-state index >= 15 is 0 Å². The minimum absolute atomic E-state index is 0. The molecule has 0 bridgehead atoms. The van der Waals surface area contributed by atoms with Crippen LogP contribution in [0.1, 0.15) is 73.4 Å². The highest BCUT2D eigenvalue weighted by Crippen LogP contribution is 2.45. The second-order valence-electron chi connectivity index (χ2n) is 11.4. The maximum absolute atomic E-state index is 13.4. The van der Waals surface area contributed by atoms with Crippen LogP contribution in [0.5, 0.6) is 5.75 Å². The number of nitrogens with two attached hydrogens (primary N) is 1. The number of rotatable bonds is 9. The van der Waals surface area contributed by atoms with Gasteiger partial charge in [0.05, 0.1) is 23.4 Å². The lowest BCUT2D eigenvalue weighted by Crippen LogP contribution is -2.35. The quantitative estimate of drug-likeness (QED) is 0.220. The topological polar surface area (TPSA) is 156 Å². The number of carbonyl (C=O) groups excluding carboxylic acids is 1. The van der Waals surface area contributed by atoms with Gasteiger partial charge in [-0.15, -0.1) is 0 Å². The van der Waals surface area contributed by atoms with E-state index in [0.717, 1.165) is 59.7 Å². The number of hydrogen-bond donors (Lipinski definition) is 3. The fourth-order valence-corrected chi connectivity index (χ4v) is 5.77. The minimum Gasteiger partial charge on any atom is -0.489 e. The SMILES string of the molecule is CCOC(=O)C(C)(C)[C@@H](c1ccc(C)c(CN2Cc3cnccc3O[C@H](CC)C2)c1)c1ccc(NC)c(N)c1C.N.O. The van der Waals surface area contributed by atoms with Crippen LogP contribution in [0.4, 0.5) is 11.4 Å². The Bertz CT molecular complexity index is 1360. The van der Waals surface area contributed by atoms with E-state index in [0.29, 0.717) is 12.3 Å². The molecule has 1 aliphatic rings. The average molecular weight is 580 g/mol. The van der Waals surface area contributed by atoms with Gasteiger partial charge < -0.3 is 32.2 Å². The standard InChI is InChI=1S/C33H44N4O3.H3N.H2O/c1-8-26-20-37(19-25-17-36-15-14-29(25)40-26)18-24-16-23(11-10-21(24)3)30(33(5,6)32(38)39-9-2)27-12-13-28(35-7)31(34)22(27)4;;/h10-17,26,30,35H,8-9,18-20,34H2,1-7H3;1H3;1H2/t26-,30+;;/m1../s1. The van der Waals surface area contributed by atoms with Gasteiger partial charge in [-0.1, -0.05) is 31.2 Å². The summed E-state index contributed by atoms with van der Waals surface area (Å²) in [5.74, 6) is 0.446. The lowest BCUT2D eigenvalue weighted by Gasteiger charge is -2.35. The predicted molar refractivity (Wildman–Crippen MR) is 170 cm³/mol. The summed E-state index contributed by atoms with van der Waals surface area (Å²) in [6.45, 7) is 14.8. The van der Waals surface area contributed by atoms with Crippen molar-refractivity contribution < 1.29 is 19.7 Å². The first-order valence-electron chi connectivity index (χ1n) is 14.3. The number of pyridine rings is 1. The number of aryl methyl sites for hydroxylation is 1. The van der Waals surface area contributed by atoms with Gasteiger partial charge in [0.15, 0.2) is 0 Å². The first-order valence-corrected chi connectivity index (χ1v) is 14.3. The molecule has 2 heterocycles. The molecular weight excluding hydrogens is 530 g/mol. The summed E-state index contributed by atoms with van der Waals surface area (Å²) in [7, 11) is 1.86. The van der Waals surface area contributed by atoms with Gasteiger partial charge in [0.25, 0.3) is 0 Å². The lowest BCUT2D eigenvalue weighted by molar-refractivity contribution is -0.154. The summed E-state index contributed by atoms with van der Waals surface area (Å²) in [6, 6.07) is 12.6. The largest absolute Gasteiger partial charge is 0.489 e. The molecule has 0 unspecified atom stereocenters. The second-order valence-corrected chi connectivity index (χ2v) is 11.4. The number of benzene rings is 2. The van der Waals surface area contributed by atoms with Crippen molar-refractivity contribution in [3.05, 3.63) is 82.2 Å². The van der Waals surface area contributed by atoms with E-state index in [4.69, 9.17) is 15.2 Å². The van der Waals surface area contributed by atoms with Crippen molar-refractivity contribution in [3.63, 3.8) is 0 Å². The minimum atomic E-state index is -0.824. The van der Waals surface area contributed by atoms with Crippen molar-refractivity contribution in [2.45, 2.75) is 73.1 Å². The van der Waals surface area contributed by atoms with Crippen LogP contribution in [0.3, 0.4) is 0 Å². The molecule has 0 saturated heterocycles. The average Bonchev–Trinajstić information content (AvgIpc) is 3.11. The van der Waals surface area contributed by atoms with Gasteiger partial charge in [0.1, 0.15) is 11.9 Å². The summed E-state index contributed by atoms with van der Waals surface area (Å²) >= 11 is 0. The molecule has 1 aliphatic heterocycles. The normalized spacial score (nSPS) is 15.6. The molecule has 0 radical (unpaired) electrons. The number of esters is 1. The summed E-state index contributed by atoms with van der Waals surface area (Å²) in [5.41, 5.74) is 13.9. The van der Waals surface area contributed by atoms with Gasteiger partial charge in [0.2, 0.25) is 0 Å². The zero-order valence-corrected chi connectivity index (χ0v) is 26.2. The number of ether oxygens (including phenoxy) is 2. The Morgan fingerprint density at radius 1 is 1.21 bits per heavy atom. The Labute approximate surface area is 250 Å². The Balaban J connectivity index is 0.00000308. The van der Waals surface area contributed by atoms with Gasteiger partial charge in [-0.25, -0.2) is 0 Å². The van der Waals surface area contributed by atoms with Gasteiger partial charge in [-0.2, -0.15) is 0 Å². The molecule has 0 aliphatic carbocycles. The van der Waals surface area contributed by atoms with Crippen molar-refractivity contribution in [1.82, 2.24) is 16.0 Å². The monoisotopic (exact) mass is 579 g/mol. The smallest absolute Gasteiger partial charge is 0.312 e. The first-order chi connectivity index (χ1) is 19.1. The van der Waals surface area contributed by atoms with Crippen molar-refractivity contribution >= 4 is 17.3 Å². The molecule has 9 nitrogen and oxygen atoms in total. The zero-order chi connectivity index (χ0) is 29.0. The summed E-state index contributed by atoms with van der Waals surface area (Å²) in [4.78, 5) is 20.1. The van der Waals surface area contributed by atoms with Gasteiger partial charge in [0, 0.05) is 50.6 Å². The molecule has 0 spiro atoms. The van der Waals surface area contributed by atoms with E-state index in [1.165, 1.54) is 11.1 Å². The highest BCUT2D eigenvalue weighted by Gasteiger charge is 2.41. The third-order valence-corrected chi connectivity index (χ3v) is 8.22. The van der Waals surface area contributed by atoms with Crippen molar-refractivity contribution in [2.75, 3.05) is 31.2 Å². The maximum Gasteiger partial charge on any atom is 0.312 e. The predicted octanol–water partition coefficient (Wildman–Crippen LogP) is 5.55. The molecule has 2 aromatic carbocycles. The van der Waals surface area contributed by atoms with Crippen LogP contribution < -0.4 is 21.9 Å². The maximum atomic E-state index is 13.4. The van der Waals surface area contributed by atoms with Gasteiger partial charge in [-0.3, -0.25) is 14.7 Å². The highest BCUT2D eigenvalue weighted by molar-refractivity contribution is 5.80. The number of hydrogen-bond acceptors (Lipinski definition) is 8. The van der Waals surface area contributed by atoms with E-state index in [1.807, 2.05) is 53.1 Å². The molecule has 8 N–H and O–H groups in total. The van der Waals surface area contributed by atoms with Crippen LogP contribution in [0.15, 0.2) is 48.8 Å². The molecule has 0 saturated carbocycles. The van der Waals surface area contributed by atoms with E-state index < -0.39 is 5.41 Å². The van der Waals surface area contributed by atoms with Crippen LogP contribution >= 0.6 is 0 Å². The van der Waals surface area contributed by atoms with Crippen LogP contribution in [0.25, 0.3) is 0 Å². The van der Waals surface area contributed by atoms with E-state index in [1.54, 1.807) is 6.20 Å². The van der Waals surface area contributed by atoms with Gasteiger partial charge >= 0.3 is 5.97 Å². The van der Waals surface area contributed by atoms with Crippen LogP contribution in [-0.2, 0) is 22.6 Å². The number of nitrogens with one attached hydrogen (secondary N) is 1. The molecule has 3 aromatic rings. The molecule has 2 atom stereocenters. The third-order valence-electron chi connectivity index (χ3n) is 8.22. The Kier molecular flexibility index (Phi) is 11.9. The number of nitrogens with zero attached hydrogens (tertiary/aromatic N) is 2. The molecular formula is C33H49N5O4. The number of anilines is 2. The van der Waals surface area contributed by atoms with Gasteiger partial charge in [-0.05, 0) is 81.0 Å². The Hall–Kier alpha value is -3.66. The highest BCUT2D eigenvalue weighted by atomic mass is 16.5. The fourth-order valence-electron chi connectivity index (χ4n) is 5.77. The molecule has 1 aromatic heterocycles. The molecule has 0 amide bonds. The third kappa shape index (κ3) is 7.03. The van der Waals surface area contributed by atoms with E-state index in [-0.39, 0.29) is 29.6 Å². The summed E-state index contributed by atoms with van der Waals surface area (Å²) < 4.78 is 11.9. The molecule has 230 valence electrons. The molecule has 42 heavy (non-hydrogen) atoms. The Morgan fingerprint density at radius 3 is 2.62 bits per heavy atom. The zero-order valence-electron chi connectivity index (χ0n) is 26.2. The van der Waals surface area contributed by atoms with Crippen molar-refractivity contribution in [3.8, 4) is 5.75 Å². The molecule has 4 rings (SSSR count). The van der Waals surface area contributed by atoms with E-state index in [2.05, 4.69) is 53.3 Å². The summed E-state index contributed by atoms with van der Waals surface area (Å²) in [5, 5.41) is 3.17. The number of carbonyl (C=O) groups is 1. The number of nitrogen functional groups attached to an aromatic ring is 1. The molecule has 9 heteroatoms. The second kappa shape index (κ2) is 14.5. The van der Waals surface area contributed by atoms with Crippen molar-refractivity contribution in [1.29, 1.82) is 0 Å². The fraction of sp³-hybridized carbons (Fsp3) is 0.455.